The van der Waals surface area contributed by atoms with Gasteiger partial charge in [-0.25, -0.2) is 0 Å². The molecule has 178 valence electrons. The number of hydrogen-bond donors (Lipinski definition) is 0. The molecule has 0 N–H and O–H groups in total. The number of ether oxygens (including phenoxy) is 1. The van der Waals surface area contributed by atoms with Crippen LogP contribution < -0.4 is 4.74 Å². The van der Waals surface area contributed by atoms with Crippen LogP contribution in [-0.2, 0) is 0 Å². The zero-order valence-corrected chi connectivity index (χ0v) is 20.8. The molecule has 8 rings (SSSR count). The highest BCUT2D eigenvalue weighted by Gasteiger charge is 2.32. The van der Waals surface area contributed by atoms with Gasteiger partial charge in [-0.1, -0.05) is 121 Å². The van der Waals surface area contributed by atoms with Crippen molar-refractivity contribution in [3.05, 3.63) is 156 Å². The fourth-order valence-corrected chi connectivity index (χ4v) is 6.17. The minimum absolute atomic E-state index is 0.0594. The Morgan fingerprint density at radius 2 is 0.947 bits per heavy atom. The molecule has 1 aliphatic rings. The molecule has 0 aromatic heterocycles. The molecule has 7 aromatic rings. The van der Waals surface area contributed by atoms with Gasteiger partial charge in [0.15, 0.2) is 0 Å². The van der Waals surface area contributed by atoms with Gasteiger partial charge in [-0.15, -0.1) is 0 Å². The molecule has 1 nitrogen and oxygen atoms in total. The molecule has 0 atom stereocenters. The maximum atomic E-state index is 6.60. The monoisotopic (exact) mass is 484 g/mol. The Kier molecular flexibility index (Phi) is 4.65. The van der Waals surface area contributed by atoms with E-state index in [4.69, 9.17) is 4.74 Å². The van der Waals surface area contributed by atoms with Crippen LogP contribution in [0.3, 0.4) is 0 Å². The molecule has 0 bridgehead atoms. The fourth-order valence-electron chi connectivity index (χ4n) is 6.17. The standard InChI is InChI=1S/C37H24O/c1-2-8-24(9-3-1)27-14-15-29-23-30(17-16-28(29)22-27)35-36-31-12-6-4-10-25(31)18-20-33(36)38-34-21-19-26-11-5-7-13-32(26)37(34)35/h1-23,35H. The molecule has 0 amide bonds. The van der Waals surface area contributed by atoms with Crippen molar-refractivity contribution in [2.45, 2.75) is 5.92 Å². The van der Waals surface area contributed by atoms with E-state index < -0.39 is 0 Å². The summed E-state index contributed by atoms with van der Waals surface area (Å²) in [6.45, 7) is 0. The molecule has 7 aromatic carbocycles. The lowest BCUT2D eigenvalue weighted by atomic mass is 9.78. The van der Waals surface area contributed by atoms with Gasteiger partial charge in [0.05, 0.1) is 0 Å². The van der Waals surface area contributed by atoms with E-state index >= 15 is 0 Å². The second-order valence-corrected chi connectivity index (χ2v) is 10.1. The maximum absolute atomic E-state index is 6.60. The summed E-state index contributed by atoms with van der Waals surface area (Å²) in [4.78, 5) is 0. The normalized spacial score (nSPS) is 12.8. The Labute approximate surface area is 221 Å². The fraction of sp³-hybridized carbons (Fsp3) is 0.0270. The van der Waals surface area contributed by atoms with Gasteiger partial charge >= 0.3 is 0 Å². The lowest BCUT2D eigenvalue weighted by molar-refractivity contribution is 0.456. The first-order valence-electron chi connectivity index (χ1n) is 13.1. The van der Waals surface area contributed by atoms with Gasteiger partial charge in [-0.3, -0.25) is 0 Å². The van der Waals surface area contributed by atoms with Crippen LogP contribution in [0.4, 0.5) is 0 Å². The van der Waals surface area contributed by atoms with Crippen LogP contribution in [0.25, 0.3) is 43.4 Å². The van der Waals surface area contributed by atoms with E-state index in [1.54, 1.807) is 0 Å². The molecular weight excluding hydrogens is 460 g/mol. The summed E-state index contributed by atoms with van der Waals surface area (Å²) in [6.07, 6.45) is 0. The van der Waals surface area contributed by atoms with Crippen LogP contribution in [0.2, 0.25) is 0 Å². The Morgan fingerprint density at radius 1 is 0.395 bits per heavy atom. The molecule has 1 heterocycles. The number of hydrogen-bond acceptors (Lipinski definition) is 1. The third-order valence-corrected chi connectivity index (χ3v) is 7.96. The lowest BCUT2D eigenvalue weighted by Gasteiger charge is -2.31. The second-order valence-electron chi connectivity index (χ2n) is 10.1. The summed E-state index contributed by atoms with van der Waals surface area (Å²) in [5, 5.41) is 7.45. The molecule has 0 aliphatic carbocycles. The topological polar surface area (TPSA) is 9.23 Å². The van der Waals surface area contributed by atoms with Crippen LogP contribution in [0.15, 0.2) is 140 Å². The molecule has 38 heavy (non-hydrogen) atoms. The average molecular weight is 485 g/mol. The predicted molar refractivity (Wildman–Crippen MR) is 158 cm³/mol. The van der Waals surface area contributed by atoms with Crippen molar-refractivity contribution in [1.29, 1.82) is 0 Å². The van der Waals surface area contributed by atoms with E-state index in [1.165, 1.54) is 60.1 Å². The van der Waals surface area contributed by atoms with Crippen LogP contribution >= 0.6 is 0 Å². The van der Waals surface area contributed by atoms with E-state index in [-0.39, 0.29) is 5.92 Å². The molecule has 0 saturated carbocycles. The van der Waals surface area contributed by atoms with Gasteiger partial charge in [0.1, 0.15) is 11.5 Å². The van der Waals surface area contributed by atoms with Crippen molar-refractivity contribution in [2.24, 2.45) is 0 Å². The van der Waals surface area contributed by atoms with E-state index in [1.807, 2.05) is 0 Å². The largest absolute Gasteiger partial charge is 0.457 e. The van der Waals surface area contributed by atoms with E-state index in [2.05, 4.69) is 140 Å². The van der Waals surface area contributed by atoms with E-state index in [0.29, 0.717) is 0 Å². The quantitative estimate of drug-likeness (QED) is 0.237. The summed E-state index contributed by atoms with van der Waals surface area (Å²) in [6, 6.07) is 50.3. The number of benzene rings is 7. The van der Waals surface area contributed by atoms with Gasteiger partial charge in [0.2, 0.25) is 0 Å². The molecule has 0 unspecified atom stereocenters. The Balaban J connectivity index is 1.39. The van der Waals surface area contributed by atoms with Gasteiger partial charge in [0.25, 0.3) is 0 Å². The van der Waals surface area contributed by atoms with Gasteiger partial charge < -0.3 is 4.74 Å². The first-order valence-corrected chi connectivity index (χ1v) is 13.1. The van der Waals surface area contributed by atoms with Crippen LogP contribution in [0, 0.1) is 0 Å². The van der Waals surface area contributed by atoms with Gasteiger partial charge in [0, 0.05) is 17.0 Å². The van der Waals surface area contributed by atoms with Crippen molar-refractivity contribution >= 4 is 32.3 Å². The van der Waals surface area contributed by atoms with E-state index in [9.17, 15) is 0 Å². The molecule has 1 heteroatoms. The van der Waals surface area contributed by atoms with Crippen LogP contribution in [0.1, 0.15) is 22.6 Å². The molecule has 0 spiro atoms. The second kappa shape index (κ2) is 8.33. The highest BCUT2D eigenvalue weighted by molar-refractivity contribution is 5.96. The van der Waals surface area contributed by atoms with Crippen molar-refractivity contribution in [3.63, 3.8) is 0 Å². The zero-order valence-electron chi connectivity index (χ0n) is 20.8. The first-order chi connectivity index (χ1) is 18.8. The van der Waals surface area contributed by atoms with Gasteiger partial charge in [-0.2, -0.15) is 0 Å². The average Bonchev–Trinajstić information content (AvgIpc) is 2.99. The molecule has 0 saturated heterocycles. The highest BCUT2D eigenvalue weighted by Crippen LogP contribution is 2.52. The van der Waals surface area contributed by atoms with Crippen molar-refractivity contribution in [3.8, 4) is 22.6 Å². The maximum Gasteiger partial charge on any atom is 0.132 e. The van der Waals surface area contributed by atoms with Crippen LogP contribution in [0.5, 0.6) is 11.5 Å². The van der Waals surface area contributed by atoms with Crippen molar-refractivity contribution in [1.82, 2.24) is 0 Å². The van der Waals surface area contributed by atoms with Crippen molar-refractivity contribution < 1.29 is 4.74 Å². The highest BCUT2D eigenvalue weighted by atomic mass is 16.5. The molecule has 1 aliphatic heterocycles. The minimum atomic E-state index is 0.0594. The summed E-state index contributed by atoms with van der Waals surface area (Å²) in [5.41, 5.74) is 6.25. The lowest BCUT2D eigenvalue weighted by Crippen LogP contribution is -2.13. The zero-order chi connectivity index (χ0) is 25.1. The van der Waals surface area contributed by atoms with E-state index in [0.717, 1.165) is 11.5 Å². The third-order valence-electron chi connectivity index (χ3n) is 7.96. The third kappa shape index (κ3) is 3.26. The SMILES string of the molecule is c1ccc(-c2ccc3cc(C4c5c(ccc6ccccc56)Oc5ccc6ccccc6c54)ccc3c2)cc1. The Bertz CT molecular complexity index is 1920. The minimum Gasteiger partial charge on any atom is -0.457 e. The summed E-state index contributed by atoms with van der Waals surface area (Å²) < 4.78 is 6.60. The predicted octanol–water partition coefficient (Wildman–Crippen LogP) is 10.1. The molecule has 0 fully saturated rings. The molecule has 0 radical (unpaired) electrons. The summed E-state index contributed by atoms with van der Waals surface area (Å²) in [5.74, 6) is 1.94. The van der Waals surface area contributed by atoms with Crippen molar-refractivity contribution in [2.75, 3.05) is 0 Å². The molecular formula is C37H24O. The van der Waals surface area contributed by atoms with Gasteiger partial charge in [-0.05, 0) is 67.2 Å². The Hall–Kier alpha value is -4.88. The van der Waals surface area contributed by atoms with Crippen LogP contribution in [-0.4, -0.2) is 0 Å². The number of rotatable bonds is 2. The summed E-state index contributed by atoms with van der Waals surface area (Å²) >= 11 is 0. The first kappa shape index (κ1) is 21.2. The smallest absolute Gasteiger partial charge is 0.132 e. The number of fused-ring (bicyclic) bond motifs is 7. The summed E-state index contributed by atoms with van der Waals surface area (Å²) in [7, 11) is 0. The Morgan fingerprint density at radius 3 is 1.63 bits per heavy atom.